The second-order valence-electron chi connectivity index (χ2n) is 5.81. The Balaban J connectivity index is 1.90. The summed E-state index contributed by atoms with van der Waals surface area (Å²) in [4.78, 5) is 24.1. The van der Waals surface area contributed by atoms with Crippen LogP contribution in [0.5, 0.6) is 5.75 Å². The van der Waals surface area contributed by atoms with E-state index in [9.17, 15) is 9.59 Å². The normalized spacial score (nSPS) is 10.2. The highest BCUT2D eigenvalue weighted by Crippen LogP contribution is 2.14. The van der Waals surface area contributed by atoms with Gasteiger partial charge in [0.25, 0.3) is 11.8 Å². The van der Waals surface area contributed by atoms with Gasteiger partial charge in [0.05, 0.1) is 0 Å². The van der Waals surface area contributed by atoms with E-state index in [1.54, 1.807) is 42.5 Å². The summed E-state index contributed by atoms with van der Waals surface area (Å²) in [7, 11) is 0. The molecule has 0 aromatic heterocycles. The van der Waals surface area contributed by atoms with Crippen molar-refractivity contribution >= 4 is 11.8 Å². The van der Waals surface area contributed by atoms with E-state index in [2.05, 4.69) is 31.3 Å². The van der Waals surface area contributed by atoms with Crippen LogP contribution in [-0.4, -0.2) is 18.4 Å². The van der Waals surface area contributed by atoms with Crippen LogP contribution in [-0.2, 0) is 0 Å². The van der Waals surface area contributed by atoms with Gasteiger partial charge in [0, 0.05) is 11.1 Å². The quantitative estimate of drug-likeness (QED) is 0.626. The zero-order valence-corrected chi connectivity index (χ0v) is 14.4. The van der Waals surface area contributed by atoms with Crippen LogP contribution < -0.4 is 15.6 Å². The molecule has 0 unspecified atom stereocenters. The lowest BCUT2D eigenvalue weighted by Crippen LogP contribution is -2.41. The Morgan fingerprint density at radius 1 is 0.960 bits per heavy atom. The van der Waals surface area contributed by atoms with Gasteiger partial charge < -0.3 is 4.74 Å². The van der Waals surface area contributed by atoms with Gasteiger partial charge in [-0.05, 0) is 47.9 Å². The van der Waals surface area contributed by atoms with Crippen LogP contribution in [0.2, 0.25) is 0 Å². The summed E-state index contributed by atoms with van der Waals surface area (Å²) < 4.78 is 5.35. The number of hydrogen-bond acceptors (Lipinski definition) is 3. The van der Waals surface area contributed by atoms with Crippen molar-refractivity contribution < 1.29 is 14.3 Å². The molecule has 25 heavy (non-hydrogen) atoms. The molecule has 2 aromatic carbocycles. The summed E-state index contributed by atoms with van der Waals surface area (Å²) in [6.45, 7) is 8.14. The van der Waals surface area contributed by atoms with Gasteiger partial charge in [-0.15, -0.1) is 0 Å². The second-order valence-corrected chi connectivity index (χ2v) is 5.81. The highest BCUT2D eigenvalue weighted by Gasteiger charge is 2.10. The first kappa shape index (κ1) is 18.3. The average molecular weight is 338 g/mol. The molecule has 2 N–H and O–H groups in total. The van der Waals surface area contributed by atoms with Crippen molar-refractivity contribution in [1.82, 2.24) is 10.9 Å². The molecule has 2 aromatic rings. The van der Waals surface area contributed by atoms with Crippen LogP contribution >= 0.6 is 0 Å². The first-order chi connectivity index (χ1) is 12.0. The molecule has 0 saturated heterocycles. The molecule has 2 amide bonds. The number of nitrogens with one attached hydrogen (secondary N) is 2. The summed E-state index contributed by atoms with van der Waals surface area (Å²) in [5, 5.41) is 0. The summed E-state index contributed by atoms with van der Waals surface area (Å²) in [6.07, 6.45) is 1.64. The highest BCUT2D eigenvalue weighted by atomic mass is 16.5. The number of rotatable bonds is 6. The molecule has 0 fully saturated rings. The van der Waals surface area contributed by atoms with E-state index in [1.165, 1.54) is 0 Å². The Morgan fingerprint density at radius 2 is 1.44 bits per heavy atom. The predicted octanol–water partition coefficient (Wildman–Crippen LogP) is 3.45. The van der Waals surface area contributed by atoms with E-state index in [1.807, 2.05) is 12.1 Å². The number of hydrogen-bond donors (Lipinski definition) is 2. The Hall–Kier alpha value is -3.08. The van der Waals surface area contributed by atoms with Crippen molar-refractivity contribution in [3.05, 3.63) is 77.9 Å². The Labute approximate surface area is 147 Å². The lowest BCUT2D eigenvalue weighted by molar-refractivity contribution is 0.0846. The van der Waals surface area contributed by atoms with Gasteiger partial charge in [-0.2, -0.15) is 0 Å². The average Bonchev–Trinajstić information content (AvgIpc) is 2.64. The lowest BCUT2D eigenvalue weighted by Gasteiger charge is -2.09. The molecule has 0 spiro atoms. The van der Waals surface area contributed by atoms with E-state index in [4.69, 9.17) is 4.74 Å². The minimum atomic E-state index is -0.401. The van der Waals surface area contributed by atoms with Crippen molar-refractivity contribution in [3.8, 4) is 5.75 Å². The molecular weight excluding hydrogens is 316 g/mol. The molecule has 0 atom stereocenters. The SMILES string of the molecule is C=CCOc1ccc(C(=O)NNC(=O)c2ccc(C(C)C)cc2)cc1. The van der Waals surface area contributed by atoms with Crippen molar-refractivity contribution in [1.29, 1.82) is 0 Å². The van der Waals surface area contributed by atoms with Gasteiger partial charge in [0.2, 0.25) is 0 Å². The molecule has 2 rings (SSSR count). The van der Waals surface area contributed by atoms with E-state index in [0.29, 0.717) is 29.4 Å². The van der Waals surface area contributed by atoms with Gasteiger partial charge in [0.15, 0.2) is 0 Å². The summed E-state index contributed by atoms with van der Waals surface area (Å²) in [5.41, 5.74) is 6.87. The Bertz CT molecular complexity index is 735. The minimum Gasteiger partial charge on any atom is -0.490 e. The van der Waals surface area contributed by atoms with Crippen molar-refractivity contribution in [2.24, 2.45) is 0 Å². The molecule has 5 nitrogen and oxygen atoms in total. The lowest BCUT2D eigenvalue weighted by atomic mass is 10.0. The predicted molar refractivity (Wildman–Crippen MR) is 97.6 cm³/mol. The first-order valence-electron chi connectivity index (χ1n) is 8.05. The van der Waals surface area contributed by atoms with Gasteiger partial charge in [-0.25, -0.2) is 0 Å². The summed E-state index contributed by atoms with van der Waals surface area (Å²) in [5.74, 6) is 0.276. The third-order valence-electron chi connectivity index (χ3n) is 3.61. The van der Waals surface area contributed by atoms with Gasteiger partial charge >= 0.3 is 0 Å². The largest absolute Gasteiger partial charge is 0.490 e. The van der Waals surface area contributed by atoms with Gasteiger partial charge in [0.1, 0.15) is 12.4 Å². The number of ether oxygens (including phenoxy) is 1. The van der Waals surface area contributed by atoms with Crippen LogP contribution in [0, 0.1) is 0 Å². The maximum absolute atomic E-state index is 12.1. The number of carbonyl (C=O) groups is 2. The fourth-order valence-corrected chi connectivity index (χ4v) is 2.13. The second kappa shape index (κ2) is 8.68. The standard InChI is InChI=1S/C20H22N2O3/c1-4-13-25-18-11-9-17(10-12-18)20(24)22-21-19(23)16-7-5-15(6-8-16)14(2)3/h4-12,14H,1,13H2,2-3H3,(H,21,23)(H,22,24). The molecule has 0 saturated carbocycles. The topological polar surface area (TPSA) is 67.4 Å². The number of hydrazine groups is 1. The Kier molecular flexibility index (Phi) is 6.34. The van der Waals surface area contributed by atoms with E-state index >= 15 is 0 Å². The van der Waals surface area contributed by atoms with Gasteiger partial charge in [-0.3, -0.25) is 20.4 Å². The number of carbonyl (C=O) groups excluding carboxylic acids is 2. The maximum Gasteiger partial charge on any atom is 0.269 e. The molecule has 0 aliphatic heterocycles. The van der Waals surface area contributed by atoms with Crippen LogP contribution in [0.1, 0.15) is 46.0 Å². The van der Waals surface area contributed by atoms with Crippen molar-refractivity contribution in [2.75, 3.05) is 6.61 Å². The number of benzene rings is 2. The number of amides is 2. The van der Waals surface area contributed by atoms with Crippen molar-refractivity contribution in [3.63, 3.8) is 0 Å². The van der Waals surface area contributed by atoms with E-state index < -0.39 is 5.91 Å². The molecule has 0 aliphatic carbocycles. The molecule has 130 valence electrons. The van der Waals surface area contributed by atoms with Gasteiger partial charge in [-0.1, -0.05) is 38.6 Å². The molecule has 0 heterocycles. The van der Waals surface area contributed by atoms with Crippen LogP contribution in [0.15, 0.2) is 61.2 Å². The maximum atomic E-state index is 12.1. The van der Waals surface area contributed by atoms with Crippen LogP contribution in [0.25, 0.3) is 0 Å². The third kappa shape index (κ3) is 5.21. The summed E-state index contributed by atoms with van der Waals surface area (Å²) >= 11 is 0. The third-order valence-corrected chi connectivity index (χ3v) is 3.61. The molecular formula is C20H22N2O3. The minimum absolute atomic E-state index is 0.366. The zero-order valence-electron chi connectivity index (χ0n) is 14.4. The smallest absolute Gasteiger partial charge is 0.269 e. The first-order valence-corrected chi connectivity index (χ1v) is 8.05. The highest BCUT2D eigenvalue weighted by molar-refractivity contribution is 5.99. The fraction of sp³-hybridized carbons (Fsp3) is 0.200. The van der Waals surface area contributed by atoms with Crippen LogP contribution in [0.4, 0.5) is 0 Å². The monoisotopic (exact) mass is 338 g/mol. The summed E-state index contributed by atoms with van der Waals surface area (Å²) in [6, 6.07) is 13.9. The van der Waals surface area contributed by atoms with Crippen LogP contribution in [0.3, 0.4) is 0 Å². The molecule has 0 aliphatic rings. The van der Waals surface area contributed by atoms with E-state index in [-0.39, 0.29) is 5.91 Å². The molecule has 0 radical (unpaired) electrons. The van der Waals surface area contributed by atoms with Crippen molar-refractivity contribution in [2.45, 2.75) is 19.8 Å². The Morgan fingerprint density at radius 3 is 1.88 bits per heavy atom. The molecule has 5 heteroatoms. The zero-order chi connectivity index (χ0) is 18.2. The molecule has 0 bridgehead atoms. The fourth-order valence-electron chi connectivity index (χ4n) is 2.13. The van der Waals surface area contributed by atoms with E-state index in [0.717, 1.165) is 5.56 Å².